The fraction of sp³-hybridized carbons (Fsp3) is 0.320. The first kappa shape index (κ1) is 20.1. The normalized spacial score (nSPS) is 12.7. The van der Waals surface area contributed by atoms with Crippen molar-refractivity contribution >= 4 is 5.91 Å². The molecule has 0 saturated heterocycles. The summed E-state index contributed by atoms with van der Waals surface area (Å²) in [6, 6.07) is 16.2. The molecule has 5 heteroatoms. The van der Waals surface area contributed by atoms with Crippen molar-refractivity contribution in [2.24, 2.45) is 5.73 Å². The number of hydrogen-bond acceptors (Lipinski definition) is 3. The Morgan fingerprint density at radius 3 is 2.50 bits per heavy atom. The van der Waals surface area contributed by atoms with Gasteiger partial charge in [0.2, 0.25) is 0 Å². The van der Waals surface area contributed by atoms with Gasteiger partial charge >= 0.3 is 0 Å². The van der Waals surface area contributed by atoms with E-state index in [1.165, 1.54) is 5.56 Å². The van der Waals surface area contributed by atoms with Crippen LogP contribution in [0.15, 0.2) is 48.5 Å². The third-order valence-corrected chi connectivity index (χ3v) is 5.66. The Kier molecular flexibility index (Phi) is 5.79. The highest BCUT2D eigenvalue weighted by Gasteiger charge is 2.26. The van der Waals surface area contributed by atoms with Crippen molar-refractivity contribution in [2.75, 3.05) is 13.2 Å². The summed E-state index contributed by atoms with van der Waals surface area (Å²) in [7, 11) is 0. The maximum Gasteiger partial charge on any atom is 0.251 e. The van der Waals surface area contributed by atoms with Gasteiger partial charge in [-0.05, 0) is 43.0 Å². The summed E-state index contributed by atoms with van der Waals surface area (Å²) in [4.78, 5) is 12.5. The van der Waals surface area contributed by atoms with Gasteiger partial charge in [0.15, 0.2) is 11.5 Å². The number of amides is 1. The van der Waals surface area contributed by atoms with Crippen LogP contribution in [0, 0.1) is 6.92 Å². The van der Waals surface area contributed by atoms with Crippen molar-refractivity contribution in [3.05, 3.63) is 71.0 Å². The molecule has 0 aliphatic carbocycles. The molecule has 2 heterocycles. The molecule has 156 valence electrons. The minimum Gasteiger partial charge on any atom is -0.486 e. The molecule has 0 spiro atoms. The van der Waals surface area contributed by atoms with Gasteiger partial charge in [0.05, 0.1) is 5.56 Å². The molecule has 30 heavy (non-hydrogen) atoms. The summed E-state index contributed by atoms with van der Waals surface area (Å²) in [5.41, 5.74) is 11.6. The molecule has 0 atom stereocenters. The van der Waals surface area contributed by atoms with E-state index in [0.717, 1.165) is 47.5 Å². The second-order valence-corrected chi connectivity index (χ2v) is 7.68. The van der Waals surface area contributed by atoms with E-state index >= 15 is 0 Å². The zero-order chi connectivity index (χ0) is 21.1. The maximum absolute atomic E-state index is 12.5. The average Bonchev–Trinajstić information content (AvgIpc) is 3.04. The van der Waals surface area contributed by atoms with Crippen molar-refractivity contribution in [2.45, 2.75) is 39.7 Å². The average molecular weight is 405 g/mol. The molecule has 2 N–H and O–H groups in total. The monoisotopic (exact) mass is 404 g/mol. The number of hydrogen-bond donors (Lipinski definition) is 1. The molecule has 0 fully saturated rings. The second kappa shape index (κ2) is 8.66. The fourth-order valence-corrected chi connectivity index (χ4v) is 4.19. The van der Waals surface area contributed by atoms with E-state index in [4.69, 9.17) is 15.2 Å². The van der Waals surface area contributed by atoms with Gasteiger partial charge in [-0.1, -0.05) is 49.7 Å². The molecule has 1 aliphatic rings. The second-order valence-electron chi connectivity index (χ2n) is 7.68. The number of rotatable bonds is 7. The van der Waals surface area contributed by atoms with E-state index in [0.29, 0.717) is 31.1 Å². The molecule has 0 saturated carbocycles. The number of benzene rings is 2. The van der Waals surface area contributed by atoms with Gasteiger partial charge in [0.25, 0.3) is 5.91 Å². The van der Waals surface area contributed by atoms with Crippen LogP contribution in [0.25, 0.3) is 11.1 Å². The van der Waals surface area contributed by atoms with Crippen LogP contribution in [0.4, 0.5) is 0 Å². The minimum atomic E-state index is -0.401. The first-order valence-corrected chi connectivity index (χ1v) is 10.6. The molecule has 1 amide bonds. The van der Waals surface area contributed by atoms with Crippen molar-refractivity contribution in [3.63, 3.8) is 0 Å². The number of nitrogens with two attached hydrogens (primary N) is 1. The van der Waals surface area contributed by atoms with Gasteiger partial charge in [-0.3, -0.25) is 4.79 Å². The smallest absolute Gasteiger partial charge is 0.251 e. The van der Waals surface area contributed by atoms with Crippen molar-refractivity contribution in [1.29, 1.82) is 0 Å². The summed E-state index contributed by atoms with van der Waals surface area (Å²) in [5, 5.41) is 0. The predicted octanol–water partition coefficient (Wildman–Crippen LogP) is 4.72. The molecule has 0 bridgehead atoms. The van der Waals surface area contributed by atoms with Gasteiger partial charge < -0.3 is 19.8 Å². The first-order valence-electron chi connectivity index (χ1n) is 10.6. The molecule has 3 aromatic rings. The molecule has 1 aromatic heterocycles. The van der Waals surface area contributed by atoms with Crippen LogP contribution in [-0.2, 0) is 13.0 Å². The molecular formula is C25H28N2O3. The zero-order valence-corrected chi connectivity index (χ0v) is 17.6. The van der Waals surface area contributed by atoms with E-state index in [9.17, 15) is 4.79 Å². The van der Waals surface area contributed by atoms with E-state index in [-0.39, 0.29) is 0 Å². The molecule has 2 aromatic carbocycles. The summed E-state index contributed by atoms with van der Waals surface area (Å²) in [5.74, 6) is 1.05. The SMILES string of the molecule is CCCCc1c(-c2ccc3c(c2)OCCO3)c(C(N)=O)c(C)n1Cc1ccccc1. The molecule has 0 unspecified atom stereocenters. The molecule has 5 nitrogen and oxygen atoms in total. The van der Waals surface area contributed by atoms with Crippen LogP contribution >= 0.6 is 0 Å². The molecule has 0 radical (unpaired) electrons. The summed E-state index contributed by atoms with van der Waals surface area (Å²) in [6.07, 6.45) is 2.98. The Labute approximate surface area is 177 Å². The Bertz CT molecular complexity index is 1050. The number of aromatic nitrogens is 1. The van der Waals surface area contributed by atoms with Crippen LogP contribution in [0.2, 0.25) is 0 Å². The molecule has 1 aliphatic heterocycles. The number of carbonyl (C=O) groups excluding carboxylic acids is 1. The standard InChI is InChI=1S/C25H28N2O3/c1-3-4-10-20-24(19-11-12-21-22(15-19)30-14-13-29-21)23(25(26)28)17(2)27(20)16-18-8-6-5-7-9-18/h5-9,11-12,15H,3-4,10,13-14,16H2,1-2H3,(H2,26,28). The van der Waals surface area contributed by atoms with Crippen LogP contribution in [0.3, 0.4) is 0 Å². The van der Waals surface area contributed by atoms with Crippen LogP contribution in [0.5, 0.6) is 11.5 Å². The largest absolute Gasteiger partial charge is 0.486 e. The van der Waals surface area contributed by atoms with E-state index in [2.05, 4.69) is 23.6 Å². The first-order chi connectivity index (χ1) is 14.6. The third-order valence-electron chi connectivity index (χ3n) is 5.66. The highest BCUT2D eigenvalue weighted by atomic mass is 16.6. The van der Waals surface area contributed by atoms with E-state index in [1.807, 2.05) is 43.3 Å². The number of primary amides is 1. The van der Waals surface area contributed by atoms with Crippen molar-refractivity contribution in [3.8, 4) is 22.6 Å². The topological polar surface area (TPSA) is 66.5 Å². The molecule has 4 rings (SSSR count). The fourth-order valence-electron chi connectivity index (χ4n) is 4.19. The van der Waals surface area contributed by atoms with Gasteiger partial charge in [0, 0.05) is 23.5 Å². The molecular weight excluding hydrogens is 376 g/mol. The summed E-state index contributed by atoms with van der Waals surface area (Å²) >= 11 is 0. The van der Waals surface area contributed by atoms with Gasteiger partial charge in [-0.15, -0.1) is 0 Å². The number of nitrogens with zero attached hydrogens (tertiary/aromatic N) is 1. The number of carbonyl (C=O) groups is 1. The lowest BCUT2D eigenvalue weighted by Gasteiger charge is -2.19. The van der Waals surface area contributed by atoms with Crippen molar-refractivity contribution < 1.29 is 14.3 Å². The summed E-state index contributed by atoms with van der Waals surface area (Å²) in [6.45, 7) is 5.94. The Hall–Kier alpha value is -3.21. The van der Waals surface area contributed by atoms with Gasteiger partial charge in [-0.2, -0.15) is 0 Å². The van der Waals surface area contributed by atoms with Crippen molar-refractivity contribution in [1.82, 2.24) is 4.57 Å². The van der Waals surface area contributed by atoms with E-state index in [1.54, 1.807) is 0 Å². The Balaban J connectivity index is 1.89. The quantitative estimate of drug-likeness (QED) is 0.619. The van der Waals surface area contributed by atoms with Crippen LogP contribution < -0.4 is 15.2 Å². The van der Waals surface area contributed by atoms with Gasteiger partial charge in [-0.25, -0.2) is 0 Å². The van der Waals surface area contributed by atoms with E-state index < -0.39 is 5.91 Å². The highest BCUT2D eigenvalue weighted by molar-refractivity contribution is 6.02. The maximum atomic E-state index is 12.5. The lowest BCUT2D eigenvalue weighted by atomic mass is 9.97. The minimum absolute atomic E-state index is 0.401. The lowest BCUT2D eigenvalue weighted by molar-refractivity contribution is 0.1000. The zero-order valence-electron chi connectivity index (χ0n) is 17.6. The number of ether oxygens (including phenoxy) is 2. The number of fused-ring (bicyclic) bond motifs is 1. The Morgan fingerprint density at radius 1 is 1.07 bits per heavy atom. The van der Waals surface area contributed by atoms with Crippen LogP contribution in [-0.4, -0.2) is 23.7 Å². The predicted molar refractivity (Wildman–Crippen MR) is 118 cm³/mol. The van der Waals surface area contributed by atoms with Crippen LogP contribution in [0.1, 0.15) is 47.1 Å². The lowest BCUT2D eigenvalue weighted by Crippen LogP contribution is -2.15. The Morgan fingerprint density at radius 2 is 1.80 bits per heavy atom. The highest BCUT2D eigenvalue weighted by Crippen LogP contribution is 2.39. The number of unbranched alkanes of at least 4 members (excludes halogenated alkanes) is 1. The summed E-state index contributed by atoms with van der Waals surface area (Å²) < 4.78 is 13.7. The third kappa shape index (κ3) is 3.80. The van der Waals surface area contributed by atoms with Gasteiger partial charge in [0.1, 0.15) is 13.2 Å².